The van der Waals surface area contributed by atoms with Gasteiger partial charge in [-0.15, -0.1) is 0 Å². The van der Waals surface area contributed by atoms with Crippen LogP contribution in [0, 0.1) is 0 Å². The maximum Gasteiger partial charge on any atom is 0.275 e. The van der Waals surface area contributed by atoms with Crippen molar-refractivity contribution in [1.29, 1.82) is 0 Å². The lowest BCUT2D eigenvalue weighted by Crippen LogP contribution is -2.25. The second-order valence-corrected chi connectivity index (χ2v) is 11.8. The Hall–Kier alpha value is -5.91. The van der Waals surface area contributed by atoms with Crippen LogP contribution in [-0.4, -0.2) is 41.1 Å². The molecule has 0 aliphatic heterocycles. The van der Waals surface area contributed by atoms with Crippen LogP contribution in [0.25, 0.3) is 11.3 Å². The molecule has 0 saturated heterocycles. The maximum absolute atomic E-state index is 13.4. The molecule has 3 amide bonds. The van der Waals surface area contributed by atoms with E-state index < -0.39 is 11.8 Å². The van der Waals surface area contributed by atoms with Crippen LogP contribution in [0.4, 0.5) is 5.69 Å². The number of likely N-dealkylation sites (N-methyl/N-ethyl adjacent to an activating group) is 1. The molecule has 0 aliphatic rings. The number of benzene rings is 3. The first kappa shape index (κ1) is 35.4. The van der Waals surface area contributed by atoms with E-state index in [4.69, 9.17) is 18.5 Å². The number of nitrogens with one attached hydrogen (secondary N) is 3. The van der Waals surface area contributed by atoms with E-state index >= 15 is 0 Å². The second kappa shape index (κ2) is 17.0. The van der Waals surface area contributed by atoms with Crippen LogP contribution in [-0.2, 0) is 35.6 Å². The molecule has 12 heteroatoms. The highest BCUT2D eigenvalue weighted by Gasteiger charge is 2.29. The predicted octanol–water partition coefficient (Wildman–Crippen LogP) is 6.22. The average Bonchev–Trinajstić information content (AvgIpc) is 3.73. The Balaban J connectivity index is 1.52. The number of carbonyl (C=O) groups is 3. The first-order valence-electron chi connectivity index (χ1n) is 16.6. The van der Waals surface area contributed by atoms with Crippen molar-refractivity contribution < 1.29 is 32.9 Å². The number of nitrogens with zero attached hydrogens (tertiary/aromatic N) is 2. The predicted molar refractivity (Wildman–Crippen MR) is 187 cm³/mol. The second-order valence-electron chi connectivity index (χ2n) is 11.8. The third kappa shape index (κ3) is 9.16. The van der Waals surface area contributed by atoms with Crippen molar-refractivity contribution in [3.05, 3.63) is 113 Å². The van der Waals surface area contributed by atoms with E-state index in [0.717, 1.165) is 16.7 Å². The SMILES string of the molecule is CCNC(=O)Cc1cc(CC(=O)Nc2c(C(=O)NCC)noc2-c2cc(C(C)C)c(OCc3ccccc3)cc2OCc2ccccc2)on1. The highest BCUT2D eigenvalue weighted by molar-refractivity contribution is 6.06. The van der Waals surface area contributed by atoms with E-state index in [1.807, 2.05) is 87.5 Å². The lowest BCUT2D eigenvalue weighted by Gasteiger charge is -2.19. The lowest BCUT2D eigenvalue weighted by molar-refractivity contribution is -0.120. The number of carbonyl (C=O) groups excluding carboxylic acids is 3. The molecule has 0 spiro atoms. The molecule has 0 atom stereocenters. The fourth-order valence-electron chi connectivity index (χ4n) is 5.20. The fraction of sp³-hybridized carbons (Fsp3) is 0.289. The zero-order valence-corrected chi connectivity index (χ0v) is 28.6. The normalized spacial score (nSPS) is 10.9. The van der Waals surface area contributed by atoms with Gasteiger partial charge in [0.15, 0.2) is 11.5 Å². The van der Waals surface area contributed by atoms with E-state index in [9.17, 15) is 14.4 Å². The number of hydrogen-bond acceptors (Lipinski definition) is 9. The summed E-state index contributed by atoms with van der Waals surface area (Å²) in [5, 5.41) is 16.2. The molecule has 2 heterocycles. The largest absolute Gasteiger partial charge is 0.488 e. The molecule has 0 radical (unpaired) electrons. The number of hydrogen-bond donors (Lipinski definition) is 3. The van der Waals surface area contributed by atoms with Gasteiger partial charge in [-0.2, -0.15) is 0 Å². The zero-order valence-electron chi connectivity index (χ0n) is 28.6. The average molecular weight is 680 g/mol. The van der Waals surface area contributed by atoms with E-state index in [1.165, 1.54) is 0 Å². The summed E-state index contributed by atoms with van der Waals surface area (Å²) >= 11 is 0. The van der Waals surface area contributed by atoms with Crippen molar-refractivity contribution in [3.63, 3.8) is 0 Å². The van der Waals surface area contributed by atoms with Crippen LogP contribution >= 0.6 is 0 Å². The number of rotatable bonds is 16. The molecule has 2 aromatic heterocycles. The topological polar surface area (TPSA) is 158 Å². The Labute approximate surface area is 290 Å². The minimum Gasteiger partial charge on any atom is -0.488 e. The van der Waals surface area contributed by atoms with Gasteiger partial charge in [-0.1, -0.05) is 84.8 Å². The molecule has 0 unspecified atom stereocenters. The standard InChI is InChI=1S/C38H41N5O7/c1-5-39-33(44)18-27-17-28(49-42-27)19-34(45)41-35-36(38(46)40-6-2)43-50-37(35)30-20-29(24(3)4)31(47-22-25-13-9-7-10-14-25)21-32(30)48-23-26-15-11-8-12-16-26/h7-17,20-21,24H,5-6,18-19,22-23H2,1-4H3,(H,39,44)(H,40,46)(H,41,45). The molecule has 5 aromatic rings. The van der Waals surface area contributed by atoms with Gasteiger partial charge in [-0.05, 0) is 42.5 Å². The molecule has 5 rings (SSSR count). The van der Waals surface area contributed by atoms with Gasteiger partial charge in [0.25, 0.3) is 5.91 Å². The quantitative estimate of drug-likeness (QED) is 0.110. The summed E-state index contributed by atoms with van der Waals surface area (Å²) < 4.78 is 23.9. The third-order valence-electron chi connectivity index (χ3n) is 7.62. The fourth-order valence-corrected chi connectivity index (χ4v) is 5.20. The van der Waals surface area contributed by atoms with Crippen molar-refractivity contribution in [2.45, 2.75) is 59.7 Å². The van der Waals surface area contributed by atoms with Crippen LogP contribution in [0.5, 0.6) is 11.5 Å². The highest BCUT2D eigenvalue weighted by atomic mass is 16.5. The van der Waals surface area contributed by atoms with Crippen molar-refractivity contribution in [1.82, 2.24) is 20.9 Å². The summed E-state index contributed by atoms with van der Waals surface area (Å²) in [4.78, 5) is 38.6. The minimum atomic E-state index is -0.527. The van der Waals surface area contributed by atoms with Crippen LogP contribution < -0.4 is 25.4 Å². The molecule has 3 aromatic carbocycles. The van der Waals surface area contributed by atoms with Gasteiger partial charge in [0.2, 0.25) is 11.8 Å². The smallest absolute Gasteiger partial charge is 0.275 e. The van der Waals surface area contributed by atoms with E-state index in [0.29, 0.717) is 42.5 Å². The van der Waals surface area contributed by atoms with Crippen LogP contribution in [0.2, 0.25) is 0 Å². The minimum absolute atomic E-state index is 0.0189. The van der Waals surface area contributed by atoms with Gasteiger partial charge >= 0.3 is 0 Å². The Morgan fingerprint density at radius 3 is 2.00 bits per heavy atom. The van der Waals surface area contributed by atoms with E-state index in [1.54, 1.807) is 19.1 Å². The summed E-state index contributed by atoms with van der Waals surface area (Å²) in [6.45, 7) is 9.07. The molecule has 260 valence electrons. The van der Waals surface area contributed by atoms with Gasteiger partial charge < -0.3 is 34.5 Å². The molecular weight excluding hydrogens is 638 g/mol. The number of anilines is 1. The van der Waals surface area contributed by atoms with E-state index in [-0.39, 0.29) is 54.2 Å². The van der Waals surface area contributed by atoms with Gasteiger partial charge in [0.05, 0.1) is 24.1 Å². The Kier molecular flexibility index (Phi) is 12.0. The zero-order chi connectivity index (χ0) is 35.5. The Morgan fingerprint density at radius 1 is 0.740 bits per heavy atom. The van der Waals surface area contributed by atoms with Gasteiger partial charge in [0.1, 0.15) is 36.2 Å². The molecular formula is C38H41N5O7. The Morgan fingerprint density at radius 2 is 1.38 bits per heavy atom. The molecule has 0 saturated carbocycles. The summed E-state index contributed by atoms with van der Waals surface area (Å²) in [6, 6.07) is 24.8. The van der Waals surface area contributed by atoms with Crippen LogP contribution in [0.15, 0.2) is 87.9 Å². The van der Waals surface area contributed by atoms with Gasteiger partial charge in [-0.25, -0.2) is 0 Å². The van der Waals surface area contributed by atoms with Crippen molar-refractivity contribution in [2.24, 2.45) is 0 Å². The summed E-state index contributed by atoms with van der Waals surface area (Å²) in [5.74, 6) is 0.173. The molecule has 3 N–H and O–H groups in total. The Bertz CT molecular complexity index is 1900. The van der Waals surface area contributed by atoms with Crippen molar-refractivity contribution in [3.8, 4) is 22.8 Å². The van der Waals surface area contributed by atoms with Crippen molar-refractivity contribution >= 4 is 23.4 Å². The molecule has 0 fully saturated rings. The van der Waals surface area contributed by atoms with Crippen molar-refractivity contribution in [2.75, 3.05) is 18.4 Å². The maximum atomic E-state index is 13.4. The summed E-state index contributed by atoms with van der Waals surface area (Å²) in [6.07, 6.45) is -0.201. The first-order valence-corrected chi connectivity index (χ1v) is 16.6. The molecule has 12 nitrogen and oxygen atoms in total. The molecule has 50 heavy (non-hydrogen) atoms. The highest BCUT2D eigenvalue weighted by Crippen LogP contribution is 2.43. The number of aromatic nitrogens is 2. The van der Waals surface area contributed by atoms with Gasteiger partial charge in [-0.3, -0.25) is 14.4 Å². The summed E-state index contributed by atoms with van der Waals surface area (Å²) in [5.41, 5.74) is 3.63. The number of ether oxygens (including phenoxy) is 2. The first-order chi connectivity index (χ1) is 24.2. The van der Waals surface area contributed by atoms with E-state index in [2.05, 4.69) is 26.3 Å². The number of amides is 3. The lowest BCUT2D eigenvalue weighted by atomic mass is 9.97. The molecule has 0 aliphatic carbocycles. The monoisotopic (exact) mass is 679 g/mol. The van der Waals surface area contributed by atoms with Crippen LogP contribution in [0.3, 0.4) is 0 Å². The molecule has 0 bridgehead atoms. The van der Waals surface area contributed by atoms with Crippen LogP contribution in [0.1, 0.15) is 72.2 Å². The van der Waals surface area contributed by atoms with Gasteiger partial charge in [0, 0.05) is 25.2 Å². The summed E-state index contributed by atoms with van der Waals surface area (Å²) in [7, 11) is 0. The third-order valence-corrected chi connectivity index (χ3v) is 7.62.